The van der Waals surface area contributed by atoms with E-state index in [0.29, 0.717) is 0 Å². The van der Waals surface area contributed by atoms with Crippen molar-refractivity contribution in [2.75, 3.05) is 0 Å². The second-order valence-corrected chi connectivity index (χ2v) is 23.0. The minimum atomic E-state index is -2.14. The van der Waals surface area contributed by atoms with Gasteiger partial charge >= 0.3 is 161 Å². The van der Waals surface area contributed by atoms with Crippen LogP contribution in [0.15, 0.2) is 12.1 Å². The van der Waals surface area contributed by atoms with Gasteiger partial charge in [-0.05, 0) is 0 Å². The molecule has 0 aliphatic carbocycles. The van der Waals surface area contributed by atoms with E-state index in [1.807, 2.05) is 2.89 Å². The second-order valence-electron chi connectivity index (χ2n) is 7.67. The van der Waals surface area contributed by atoms with E-state index in [4.69, 9.17) is 0 Å². The molecule has 0 nitrogen and oxygen atoms in total. The summed E-state index contributed by atoms with van der Waals surface area (Å²) in [5, 5.41) is 0. The predicted molar refractivity (Wildman–Crippen MR) is 117 cm³/mol. The van der Waals surface area contributed by atoms with Gasteiger partial charge in [0.2, 0.25) is 0 Å². The molecule has 0 amide bonds. The Hall–Kier alpha value is 0.499. The number of aryl methyl sites for hydroxylation is 1. The van der Waals surface area contributed by atoms with Crippen molar-refractivity contribution in [3.8, 4) is 0 Å². The molecule has 0 aliphatic heterocycles. The third-order valence-electron chi connectivity index (χ3n) is 5.49. The molecule has 0 unspecified atom stereocenters. The molecule has 0 N–H and O–H groups in total. The van der Waals surface area contributed by atoms with Gasteiger partial charge in [0, 0.05) is 0 Å². The molecule has 0 aromatic carbocycles. The number of hydrogen-bond acceptors (Lipinski definition) is 1. The van der Waals surface area contributed by atoms with Crippen molar-refractivity contribution in [3.05, 3.63) is 17.0 Å². The molecule has 1 aromatic rings. The number of rotatable bonds is 15. The van der Waals surface area contributed by atoms with Gasteiger partial charge in [-0.3, -0.25) is 0 Å². The van der Waals surface area contributed by atoms with E-state index in [-0.39, 0.29) is 0 Å². The summed E-state index contributed by atoms with van der Waals surface area (Å²) in [6.07, 6.45) is 15.5. The van der Waals surface area contributed by atoms with Crippen LogP contribution < -0.4 is 2.89 Å². The van der Waals surface area contributed by atoms with Crippen molar-refractivity contribution in [3.63, 3.8) is 0 Å². The maximum absolute atomic E-state index is 2.59. The molecule has 0 aliphatic rings. The van der Waals surface area contributed by atoms with E-state index in [1.54, 1.807) is 18.2 Å². The van der Waals surface area contributed by atoms with Gasteiger partial charge in [0.15, 0.2) is 0 Å². The van der Waals surface area contributed by atoms with Gasteiger partial charge in [-0.1, -0.05) is 0 Å². The van der Waals surface area contributed by atoms with Crippen molar-refractivity contribution in [2.24, 2.45) is 0 Å². The Balaban J connectivity index is 2.84. The topological polar surface area (TPSA) is 0 Å². The molecule has 2 heteroatoms. The molecule has 0 saturated heterocycles. The van der Waals surface area contributed by atoms with Gasteiger partial charge < -0.3 is 0 Å². The average molecular weight is 457 g/mol. The van der Waals surface area contributed by atoms with E-state index in [2.05, 4.69) is 51.2 Å². The van der Waals surface area contributed by atoms with Crippen LogP contribution >= 0.6 is 11.3 Å². The number of hydrogen-bond donors (Lipinski definition) is 0. The standard InChI is InChI=1S/C10H15S.3C4H9.Sn/c1-2-3-4-5-7-10-8-6-9-11-10;3*1-3-4-2;/h6,8H,2-5,7H2,1H3;3*1,3-4H2,2H3;. The van der Waals surface area contributed by atoms with Gasteiger partial charge in [0.05, 0.1) is 0 Å². The van der Waals surface area contributed by atoms with Gasteiger partial charge in [-0.2, -0.15) is 0 Å². The second kappa shape index (κ2) is 13.7. The van der Waals surface area contributed by atoms with Gasteiger partial charge in [-0.15, -0.1) is 0 Å². The van der Waals surface area contributed by atoms with E-state index in [0.717, 1.165) is 0 Å². The van der Waals surface area contributed by atoms with Crippen LogP contribution in [0.25, 0.3) is 0 Å². The minimum absolute atomic E-state index is 1.34. The molecule has 1 heterocycles. The van der Waals surface area contributed by atoms with Crippen molar-refractivity contribution in [2.45, 2.75) is 112 Å². The summed E-state index contributed by atoms with van der Waals surface area (Å²) in [7, 11) is 0. The Morgan fingerprint density at radius 1 is 0.667 bits per heavy atom. The predicted octanol–water partition coefficient (Wildman–Crippen LogP) is 7.93. The zero-order valence-electron chi connectivity index (χ0n) is 17.0. The molecular weight excluding hydrogens is 415 g/mol. The van der Waals surface area contributed by atoms with Crippen molar-refractivity contribution in [1.82, 2.24) is 0 Å². The normalized spacial score (nSPS) is 12.0. The van der Waals surface area contributed by atoms with Crippen LogP contribution in [0, 0.1) is 0 Å². The molecule has 0 bridgehead atoms. The van der Waals surface area contributed by atoms with Gasteiger partial charge in [0.1, 0.15) is 0 Å². The summed E-state index contributed by atoms with van der Waals surface area (Å²) < 4.78 is 6.76. The Bertz CT molecular complexity index is 388. The Labute approximate surface area is 160 Å². The maximum atomic E-state index is 2.59. The van der Waals surface area contributed by atoms with Gasteiger partial charge in [0.25, 0.3) is 0 Å². The molecular formula is C22H42SSn. The monoisotopic (exact) mass is 458 g/mol. The molecule has 0 fully saturated rings. The first-order chi connectivity index (χ1) is 11.7. The van der Waals surface area contributed by atoms with Crippen LogP contribution in [-0.2, 0) is 6.42 Å². The van der Waals surface area contributed by atoms with E-state index in [9.17, 15) is 0 Å². The quantitative estimate of drug-likeness (QED) is 0.185. The van der Waals surface area contributed by atoms with Crippen LogP contribution in [0.5, 0.6) is 0 Å². The fourth-order valence-corrected chi connectivity index (χ4v) is 24.2. The average Bonchev–Trinajstić information content (AvgIpc) is 3.08. The number of unbranched alkanes of at least 4 members (excludes halogenated alkanes) is 6. The van der Waals surface area contributed by atoms with E-state index < -0.39 is 18.4 Å². The Morgan fingerprint density at radius 3 is 1.71 bits per heavy atom. The Kier molecular flexibility index (Phi) is 12.8. The SMILES string of the molecule is CCCCCCc1cc[c]([Sn]([CH2]CCC)([CH2]CCC)[CH2]CCC)s1. The van der Waals surface area contributed by atoms with Crippen molar-refractivity contribution < 1.29 is 0 Å². The molecule has 0 atom stereocenters. The van der Waals surface area contributed by atoms with Crippen LogP contribution in [0.2, 0.25) is 13.3 Å². The molecule has 140 valence electrons. The fourth-order valence-electron chi connectivity index (χ4n) is 3.81. The Morgan fingerprint density at radius 2 is 1.21 bits per heavy atom. The van der Waals surface area contributed by atoms with Crippen molar-refractivity contribution >= 4 is 32.6 Å². The summed E-state index contributed by atoms with van der Waals surface area (Å²) in [5.74, 6) is 0. The van der Waals surface area contributed by atoms with E-state index >= 15 is 0 Å². The molecule has 1 aromatic heterocycles. The zero-order chi connectivity index (χ0) is 17.7. The van der Waals surface area contributed by atoms with E-state index in [1.165, 1.54) is 70.6 Å². The van der Waals surface area contributed by atoms with Gasteiger partial charge in [-0.25, -0.2) is 0 Å². The van der Waals surface area contributed by atoms with Crippen LogP contribution in [-0.4, -0.2) is 18.4 Å². The van der Waals surface area contributed by atoms with Crippen molar-refractivity contribution in [1.29, 1.82) is 0 Å². The molecule has 24 heavy (non-hydrogen) atoms. The molecule has 0 radical (unpaired) electrons. The molecule has 1 rings (SSSR count). The first-order valence-corrected chi connectivity index (χ1v) is 19.1. The molecule has 0 saturated carbocycles. The summed E-state index contributed by atoms with van der Waals surface area (Å²) in [6.45, 7) is 9.44. The summed E-state index contributed by atoms with van der Waals surface area (Å²) in [5.41, 5.74) is 0. The first-order valence-electron chi connectivity index (χ1n) is 10.8. The van der Waals surface area contributed by atoms with Crippen LogP contribution in [0.3, 0.4) is 0 Å². The molecule has 0 spiro atoms. The van der Waals surface area contributed by atoms with Crippen LogP contribution in [0.1, 0.15) is 96.8 Å². The number of thiophene rings is 1. The summed E-state index contributed by atoms with van der Waals surface area (Å²) >= 11 is 0.107. The third kappa shape index (κ3) is 7.81. The zero-order valence-corrected chi connectivity index (χ0v) is 20.6. The summed E-state index contributed by atoms with van der Waals surface area (Å²) in [6, 6.07) is 5.10. The summed E-state index contributed by atoms with van der Waals surface area (Å²) in [4.78, 5) is 1.69. The first kappa shape index (κ1) is 22.5. The third-order valence-corrected chi connectivity index (χ3v) is 24.9. The fraction of sp³-hybridized carbons (Fsp3) is 0.818. The van der Waals surface area contributed by atoms with Crippen LogP contribution in [0.4, 0.5) is 0 Å².